The van der Waals surface area contributed by atoms with Crippen LogP contribution in [-0.4, -0.2) is 9.55 Å². The van der Waals surface area contributed by atoms with Gasteiger partial charge in [-0.05, 0) is 54.7 Å². The number of nitrogens with zero attached hydrogens (tertiary/aromatic N) is 2. The molecule has 0 spiro atoms. The van der Waals surface area contributed by atoms with Gasteiger partial charge in [0.1, 0.15) is 17.6 Å². The van der Waals surface area contributed by atoms with Crippen LogP contribution in [0.2, 0.25) is 0 Å². The highest BCUT2D eigenvalue weighted by Gasteiger charge is 2.22. The van der Waals surface area contributed by atoms with E-state index in [1.807, 2.05) is 10.6 Å². The van der Waals surface area contributed by atoms with Gasteiger partial charge in [0.15, 0.2) is 4.77 Å². The number of nitriles is 1. The van der Waals surface area contributed by atoms with E-state index in [4.69, 9.17) is 17.5 Å². The first-order valence-electron chi connectivity index (χ1n) is 6.16. The van der Waals surface area contributed by atoms with Gasteiger partial charge < -0.3 is 9.55 Å². The molecule has 3 rings (SSSR count). The maximum atomic E-state index is 13.2. The molecule has 0 fully saturated rings. The fraction of sp³-hybridized carbons (Fsp3) is 0.286. The van der Waals surface area contributed by atoms with E-state index in [-0.39, 0.29) is 11.9 Å². The molecule has 0 radical (unpaired) electrons. The number of aromatic nitrogens is 2. The van der Waals surface area contributed by atoms with Gasteiger partial charge in [0.05, 0.1) is 0 Å². The zero-order chi connectivity index (χ0) is 13.4. The molecule has 1 aromatic carbocycles. The summed E-state index contributed by atoms with van der Waals surface area (Å²) in [6, 6.07) is 7.25. The molecule has 0 saturated carbocycles. The first kappa shape index (κ1) is 12.1. The molecule has 0 aliphatic heterocycles. The lowest BCUT2D eigenvalue weighted by molar-refractivity contribution is 0.434. The minimum Gasteiger partial charge on any atom is -0.336 e. The first-order valence-corrected chi connectivity index (χ1v) is 6.57. The molecule has 1 aliphatic carbocycles. The number of aromatic amines is 1. The normalized spacial score (nSPS) is 17.8. The SMILES string of the molecule is N#Cc1c[nH]c(=S)n1C1CCc2cc(F)ccc2C1. The van der Waals surface area contributed by atoms with Crippen molar-refractivity contribution in [1.29, 1.82) is 5.26 Å². The fourth-order valence-corrected chi connectivity index (χ4v) is 3.06. The van der Waals surface area contributed by atoms with Crippen LogP contribution in [0, 0.1) is 21.9 Å². The van der Waals surface area contributed by atoms with Crippen molar-refractivity contribution in [1.82, 2.24) is 9.55 Å². The van der Waals surface area contributed by atoms with E-state index in [2.05, 4.69) is 11.1 Å². The Morgan fingerprint density at radius 3 is 3.05 bits per heavy atom. The topological polar surface area (TPSA) is 44.5 Å². The molecule has 1 heterocycles. The van der Waals surface area contributed by atoms with Crippen LogP contribution in [0.5, 0.6) is 0 Å². The fourth-order valence-electron chi connectivity index (χ4n) is 2.75. The third-order valence-corrected chi connectivity index (χ3v) is 3.98. The Bertz CT molecular complexity index is 723. The summed E-state index contributed by atoms with van der Waals surface area (Å²) in [7, 11) is 0. The summed E-state index contributed by atoms with van der Waals surface area (Å²) in [6.07, 6.45) is 4.12. The predicted molar refractivity (Wildman–Crippen MR) is 71.8 cm³/mol. The van der Waals surface area contributed by atoms with Crippen LogP contribution in [0.15, 0.2) is 24.4 Å². The molecule has 19 heavy (non-hydrogen) atoms. The highest BCUT2D eigenvalue weighted by molar-refractivity contribution is 7.71. The Morgan fingerprint density at radius 1 is 1.42 bits per heavy atom. The molecule has 2 aromatic rings. The maximum absolute atomic E-state index is 13.2. The number of nitrogens with one attached hydrogen (secondary N) is 1. The summed E-state index contributed by atoms with van der Waals surface area (Å²) < 4.78 is 15.6. The van der Waals surface area contributed by atoms with Crippen molar-refractivity contribution in [3.05, 3.63) is 51.8 Å². The van der Waals surface area contributed by atoms with Crippen LogP contribution >= 0.6 is 12.2 Å². The van der Waals surface area contributed by atoms with Crippen molar-refractivity contribution in [3.63, 3.8) is 0 Å². The van der Waals surface area contributed by atoms with Crippen LogP contribution in [0.1, 0.15) is 29.3 Å². The number of aryl methyl sites for hydroxylation is 1. The monoisotopic (exact) mass is 273 g/mol. The van der Waals surface area contributed by atoms with Crippen molar-refractivity contribution >= 4 is 12.2 Å². The van der Waals surface area contributed by atoms with Crippen LogP contribution < -0.4 is 0 Å². The summed E-state index contributed by atoms with van der Waals surface area (Å²) in [4.78, 5) is 2.91. The van der Waals surface area contributed by atoms with Gasteiger partial charge >= 0.3 is 0 Å². The van der Waals surface area contributed by atoms with Crippen LogP contribution in [0.4, 0.5) is 4.39 Å². The highest BCUT2D eigenvalue weighted by Crippen LogP contribution is 2.30. The van der Waals surface area contributed by atoms with E-state index in [9.17, 15) is 4.39 Å². The van der Waals surface area contributed by atoms with Crippen LogP contribution in [0.3, 0.4) is 0 Å². The molecule has 3 nitrogen and oxygen atoms in total. The second-order valence-corrected chi connectivity index (χ2v) is 5.16. The summed E-state index contributed by atoms with van der Waals surface area (Å²) in [5, 5.41) is 9.11. The first-order chi connectivity index (χ1) is 9.19. The van der Waals surface area contributed by atoms with Crippen molar-refractivity contribution in [2.45, 2.75) is 25.3 Å². The average molecular weight is 273 g/mol. The molecule has 1 unspecified atom stereocenters. The molecule has 1 N–H and O–H groups in total. The molecule has 5 heteroatoms. The largest absolute Gasteiger partial charge is 0.336 e. The lowest BCUT2D eigenvalue weighted by Crippen LogP contribution is -2.20. The van der Waals surface area contributed by atoms with Gasteiger partial charge in [-0.15, -0.1) is 0 Å². The third-order valence-electron chi connectivity index (χ3n) is 3.66. The van der Waals surface area contributed by atoms with E-state index in [0.29, 0.717) is 10.5 Å². The quantitative estimate of drug-likeness (QED) is 0.810. The number of benzene rings is 1. The number of imidazole rings is 1. The molecular formula is C14H12FN3S. The van der Waals surface area contributed by atoms with Crippen LogP contribution in [0.25, 0.3) is 0 Å². The Morgan fingerprint density at radius 2 is 2.26 bits per heavy atom. The standard InChI is InChI=1S/C14H12FN3S/c15-11-3-1-10-6-12(4-2-9(10)5-11)18-13(7-16)8-17-14(18)19/h1,3,5,8,12H,2,4,6H2,(H,17,19). The van der Waals surface area contributed by atoms with E-state index < -0.39 is 0 Å². The van der Waals surface area contributed by atoms with Gasteiger partial charge in [-0.2, -0.15) is 5.26 Å². The predicted octanol–water partition coefficient (Wildman–Crippen LogP) is 3.29. The molecule has 1 aromatic heterocycles. The second-order valence-electron chi connectivity index (χ2n) is 4.77. The Balaban J connectivity index is 1.98. The molecule has 0 amide bonds. The maximum Gasteiger partial charge on any atom is 0.178 e. The minimum atomic E-state index is -0.187. The van der Waals surface area contributed by atoms with E-state index in [0.717, 1.165) is 30.4 Å². The lowest BCUT2D eigenvalue weighted by atomic mass is 9.88. The summed E-state index contributed by atoms with van der Waals surface area (Å²) in [5.74, 6) is -0.187. The number of hydrogen-bond donors (Lipinski definition) is 1. The molecular weight excluding hydrogens is 261 g/mol. The zero-order valence-corrected chi connectivity index (χ0v) is 11.0. The number of fused-ring (bicyclic) bond motifs is 1. The molecule has 0 bridgehead atoms. The van der Waals surface area contributed by atoms with Crippen LogP contribution in [-0.2, 0) is 12.8 Å². The number of halogens is 1. The van der Waals surface area contributed by atoms with E-state index in [1.54, 1.807) is 12.3 Å². The van der Waals surface area contributed by atoms with Gasteiger partial charge in [-0.3, -0.25) is 0 Å². The summed E-state index contributed by atoms with van der Waals surface area (Å²) >= 11 is 5.24. The van der Waals surface area contributed by atoms with E-state index >= 15 is 0 Å². The van der Waals surface area contributed by atoms with E-state index in [1.165, 1.54) is 6.07 Å². The number of rotatable bonds is 1. The van der Waals surface area contributed by atoms with Crippen molar-refractivity contribution in [3.8, 4) is 6.07 Å². The molecule has 0 saturated heterocycles. The Kier molecular flexibility index (Phi) is 2.96. The van der Waals surface area contributed by atoms with Crippen molar-refractivity contribution in [2.75, 3.05) is 0 Å². The third kappa shape index (κ3) is 2.08. The van der Waals surface area contributed by atoms with Gasteiger partial charge in [-0.1, -0.05) is 6.07 Å². The lowest BCUT2D eigenvalue weighted by Gasteiger charge is -2.26. The van der Waals surface area contributed by atoms with Crippen molar-refractivity contribution < 1.29 is 4.39 Å². The molecule has 1 aliphatic rings. The van der Waals surface area contributed by atoms with Crippen molar-refractivity contribution in [2.24, 2.45) is 0 Å². The molecule has 96 valence electrons. The average Bonchev–Trinajstić information content (AvgIpc) is 2.79. The van der Waals surface area contributed by atoms with Gasteiger partial charge in [0, 0.05) is 12.2 Å². The summed E-state index contributed by atoms with van der Waals surface area (Å²) in [6.45, 7) is 0. The second kappa shape index (κ2) is 4.63. The summed E-state index contributed by atoms with van der Waals surface area (Å²) in [5.41, 5.74) is 2.77. The van der Waals surface area contributed by atoms with Gasteiger partial charge in [0.25, 0.3) is 0 Å². The van der Waals surface area contributed by atoms with Gasteiger partial charge in [-0.25, -0.2) is 4.39 Å². The Hall–Kier alpha value is -1.93. The molecule has 1 atom stereocenters. The Labute approximate surface area is 115 Å². The number of H-pyrrole nitrogens is 1. The van der Waals surface area contributed by atoms with Gasteiger partial charge in [0.2, 0.25) is 0 Å². The smallest absolute Gasteiger partial charge is 0.178 e. The highest BCUT2D eigenvalue weighted by atomic mass is 32.1. The minimum absolute atomic E-state index is 0.173. The number of hydrogen-bond acceptors (Lipinski definition) is 2. The zero-order valence-electron chi connectivity index (χ0n) is 10.2.